The smallest absolute Gasteiger partial charge is 0.276 e. The number of rotatable bonds is 6. The summed E-state index contributed by atoms with van der Waals surface area (Å²) in [6.45, 7) is -0.0593. The molecule has 11 heteroatoms. The minimum atomic E-state index is -0.636. The largest absolute Gasteiger partial charge is 0.471 e. The Kier molecular flexibility index (Phi) is 5.71. The summed E-state index contributed by atoms with van der Waals surface area (Å²) in [6, 6.07) is 10.6. The van der Waals surface area contributed by atoms with Gasteiger partial charge in [-0.05, 0) is 24.3 Å². The van der Waals surface area contributed by atoms with Crippen molar-refractivity contribution >= 4 is 28.9 Å². The Morgan fingerprint density at radius 1 is 1.34 bits per heavy atom. The topological polar surface area (TPSA) is 123 Å². The van der Waals surface area contributed by atoms with Crippen LogP contribution in [0.1, 0.15) is 16.1 Å². The van der Waals surface area contributed by atoms with Crippen molar-refractivity contribution < 1.29 is 18.8 Å². The van der Waals surface area contributed by atoms with Gasteiger partial charge < -0.3 is 10.1 Å². The highest BCUT2D eigenvalue weighted by atomic mass is 35.5. The minimum Gasteiger partial charge on any atom is -0.471 e. The monoisotopic (exact) mass is 415 g/mol. The molecule has 0 radical (unpaired) electrons. The zero-order valence-corrected chi connectivity index (χ0v) is 15.3. The van der Waals surface area contributed by atoms with Crippen LogP contribution in [0.5, 0.6) is 5.75 Å². The molecule has 0 spiro atoms. The van der Waals surface area contributed by atoms with Gasteiger partial charge in [-0.1, -0.05) is 11.6 Å². The number of hydrogen-bond acceptors (Lipinski definition) is 6. The fourth-order valence-corrected chi connectivity index (χ4v) is 2.47. The summed E-state index contributed by atoms with van der Waals surface area (Å²) in [5.41, 5.74) is -0.159. The molecule has 0 bridgehead atoms. The molecule has 2 aromatic carbocycles. The number of hydrogen-bond donors (Lipinski definition) is 1. The van der Waals surface area contributed by atoms with E-state index in [0.717, 1.165) is 12.1 Å². The number of anilines is 1. The van der Waals surface area contributed by atoms with Crippen molar-refractivity contribution in [1.82, 2.24) is 9.78 Å². The number of nitrogens with one attached hydrogen (secondary N) is 1. The summed E-state index contributed by atoms with van der Waals surface area (Å²) < 4.78 is 19.9. The molecule has 146 valence electrons. The zero-order chi connectivity index (χ0) is 21.0. The van der Waals surface area contributed by atoms with Gasteiger partial charge >= 0.3 is 0 Å². The summed E-state index contributed by atoms with van der Waals surface area (Å²) in [5.74, 6) is -0.860. The van der Waals surface area contributed by atoms with Crippen molar-refractivity contribution in [2.24, 2.45) is 0 Å². The normalized spacial score (nSPS) is 10.2. The van der Waals surface area contributed by atoms with Crippen molar-refractivity contribution in [3.8, 4) is 11.8 Å². The highest BCUT2D eigenvalue weighted by Gasteiger charge is 2.15. The van der Waals surface area contributed by atoms with Gasteiger partial charge in [0.1, 0.15) is 17.6 Å². The van der Waals surface area contributed by atoms with Crippen LogP contribution in [0.4, 0.5) is 15.8 Å². The summed E-state index contributed by atoms with van der Waals surface area (Å²) >= 11 is 5.68. The van der Waals surface area contributed by atoms with Crippen LogP contribution in [0, 0.1) is 27.3 Å². The summed E-state index contributed by atoms with van der Waals surface area (Å²) in [6.07, 6.45) is 1.49. The molecular formula is C18H11ClFN5O4. The Bertz CT molecular complexity index is 1140. The number of benzene rings is 2. The third kappa shape index (κ3) is 4.66. The Morgan fingerprint density at radius 3 is 2.83 bits per heavy atom. The maximum absolute atomic E-state index is 13.1. The molecule has 0 aliphatic rings. The summed E-state index contributed by atoms with van der Waals surface area (Å²) in [5, 5.41) is 26.4. The molecule has 0 atom stereocenters. The van der Waals surface area contributed by atoms with Gasteiger partial charge in [0.2, 0.25) is 0 Å². The van der Waals surface area contributed by atoms with Gasteiger partial charge in [0.25, 0.3) is 11.6 Å². The van der Waals surface area contributed by atoms with Crippen molar-refractivity contribution in [2.75, 3.05) is 5.32 Å². The lowest BCUT2D eigenvalue weighted by Gasteiger charge is -2.07. The molecule has 3 rings (SSSR count). The van der Waals surface area contributed by atoms with E-state index in [1.54, 1.807) is 6.07 Å². The Labute approximate surface area is 168 Å². The van der Waals surface area contributed by atoms with E-state index >= 15 is 0 Å². The molecule has 1 N–H and O–H groups in total. The summed E-state index contributed by atoms with van der Waals surface area (Å²) in [4.78, 5) is 22.5. The van der Waals surface area contributed by atoms with E-state index in [1.165, 1.54) is 41.2 Å². The van der Waals surface area contributed by atoms with Gasteiger partial charge in [-0.2, -0.15) is 10.4 Å². The fraction of sp³-hybridized carbons (Fsp3) is 0.0556. The van der Waals surface area contributed by atoms with E-state index in [4.69, 9.17) is 21.6 Å². The molecule has 0 aliphatic carbocycles. The van der Waals surface area contributed by atoms with Crippen LogP contribution in [-0.2, 0) is 6.73 Å². The fourth-order valence-electron chi connectivity index (χ4n) is 2.30. The minimum absolute atomic E-state index is 0.0352. The van der Waals surface area contributed by atoms with E-state index in [9.17, 15) is 19.3 Å². The Hall–Kier alpha value is -3.97. The molecule has 0 saturated heterocycles. The molecule has 0 unspecified atom stereocenters. The number of nitriles is 1. The quantitative estimate of drug-likeness (QED) is 0.483. The number of ether oxygens (including phenoxy) is 1. The molecule has 29 heavy (non-hydrogen) atoms. The lowest BCUT2D eigenvalue weighted by atomic mass is 10.1. The van der Waals surface area contributed by atoms with Gasteiger partial charge in [0.15, 0.2) is 12.4 Å². The summed E-state index contributed by atoms with van der Waals surface area (Å²) in [7, 11) is 0. The van der Waals surface area contributed by atoms with E-state index in [0.29, 0.717) is 5.75 Å². The molecular weight excluding hydrogens is 405 g/mol. The van der Waals surface area contributed by atoms with Gasteiger partial charge in [-0.15, -0.1) is 0 Å². The number of halogens is 2. The number of nitro groups is 1. The van der Waals surface area contributed by atoms with E-state index in [2.05, 4.69) is 10.4 Å². The van der Waals surface area contributed by atoms with E-state index in [-0.39, 0.29) is 34.4 Å². The van der Waals surface area contributed by atoms with Crippen molar-refractivity contribution in [1.29, 1.82) is 5.26 Å². The first-order chi connectivity index (χ1) is 13.9. The SMILES string of the molecule is N#Cc1cc([N+](=O)[O-])ccc1NC(=O)c1ccn(COc2ccc(F)c(Cl)c2)n1. The average molecular weight is 416 g/mol. The van der Waals surface area contributed by atoms with Gasteiger partial charge in [-0.3, -0.25) is 14.9 Å². The third-order valence-electron chi connectivity index (χ3n) is 3.71. The number of aromatic nitrogens is 2. The molecule has 9 nitrogen and oxygen atoms in total. The molecule has 0 aliphatic heterocycles. The first-order valence-corrected chi connectivity index (χ1v) is 8.36. The number of nitro benzene ring substituents is 1. The Balaban J connectivity index is 1.67. The van der Waals surface area contributed by atoms with Crippen LogP contribution in [-0.4, -0.2) is 20.6 Å². The van der Waals surface area contributed by atoms with Gasteiger partial charge in [0, 0.05) is 24.4 Å². The third-order valence-corrected chi connectivity index (χ3v) is 4.00. The second kappa shape index (κ2) is 8.37. The van der Waals surface area contributed by atoms with Crippen LogP contribution in [0.3, 0.4) is 0 Å². The Morgan fingerprint density at radius 2 is 2.14 bits per heavy atom. The predicted molar refractivity (Wildman–Crippen MR) is 100 cm³/mol. The van der Waals surface area contributed by atoms with Gasteiger partial charge in [0.05, 0.1) is 21.2 Å². The molecule has 1 aromatic heterocycles. The average Bonchev–Trinajstić information content (AvgIpc) is 3.18. The molecule has 1 amide bonds. The first-order valence-electron chi connectivity index (χ1n) is 7.98. The van der Waals surface area contributed by atoms with E-state index < -0.39 is 16.6 Å². The van der Waals surface area contributed by atoms with Crippen LogP contribution >= 0.6 is 11.6 Å². The van der Waals surface area contributed by atoms with Crippen LogP contribution in [0.2, 0.25) is 5.02 Å². The van der Waals surface area contributed by atoms with Crippen molar-refractivity contribution in [3.05, 3.63) is 80.9 Å². The maximum atomic E-state index is 13.1. The van der Waals surface area contributed by atoms with Gasteiger partial charge in [-0.25, -0.2) is 9.07 Å². The van der Waals surface area contributed by atoms with Crippen molar-refractivity contribution in [3.63, 3.8) is 0 Å². The van der Waals surface area contributed by atoms with Crippen molar-refractivity contribution in [2.45, 2.75) is 6.73 Å². The van der Waals surface area contributed by atoms with Crippen LogP contribution in [0.15, 0.2) is 48.7 Å². The lowest BCUT2D eigenvalue weighted by molar-refractivity contribution is -0.384. The number of nitrogens with zero attached hydrogens (tertiary/aromatic N) is 4. The standard InChI is InChI=1S/C18H11ClFN5O4/c19-14-8-13(2-3-15(14)20)29-10-24-6-5-17(23-24)18(26)22-16-4-1-12(25(27)28)7-11(16)9-21/h1-8H,10H2,(H,22,26). The second-order valence-electron chi connectivity index (χ2n) is 5.64. The predicted octanol–water partition coefficient (Wildman–Crippen LogP) is 3.74. The second-order valence-corrected chi connectivity index (χ2v) is 6.05. The highest BCUT2D eigenvalue weighted by Crippen LogP contribution is 2.23. The molecule has 1 heterocycles. The maximum Gasteiger partial charge on any atom is 0.276 e. The van der Waals surface area contributed by atoms with Crippen LogP contribution in [0.25, 0.3) is 0 Å². The zero-order valence-electron chi connectivity index (χ0n) is 14.5. The first kappa shape index (κ1) is 19.8. The number of non-ortho nitro benzene ring substituents is 1. The number of amides is 1. The molecule has 0 fully saturated rings. The molecule has 0 saturated carbocycles. The molecule has 3 aromatic rings. The van der Waals surface area contributed by atoms with E-state index in [1.807, 2.05) is 0 Å². The lowest BCUT2D eigenvalue weighted by Crippen LogP contribution is -2.15. The van der Waals surface area contributed by atoms with Crippen LogP contribution < -0.4 is 10.1 Å². The highest BCUT2D eigenvalue weighted by molar-refractivity contribution is 6.30. The number of carbonyl (C=O) groups excluding carboxylic acids is 1. The number of carbonyl (C=O) groups is 1.